The predicted octanol–water partition coefficient (Wildman–Crippen LogP) is 2.21. The Balaban J connectivity index is 3.39. The lowest BCUT2D eigenvalue weighted by Gasteiger charge is -2.10. The molecule has 0 atom stereocenters. The first-order valence-corrected chi connectivity index (χ1v) is 4.48. The highest BCUT2D eigenvalue weighted by molar-refractivity contribution is 6.32. The van der Waals surface area contributed by atoms with Gasteiger partial charge in [-0.15, -0.1) is 0 Å². The van der Waals surface area contributed by atoms with E-state index in [2.05, 4.69) is 0 Å². The number of nitrogens with two attached hydrogens (primary N) is 1. The molecule has 0 fully saturated rings. The van der Waals surface area contributed by atoms with Crippen molar-refractivity contribution in [1.82, 2.24) is 0 Å². The van der Waals surface area contributed by atoms with Gasteiger partial charge >= 0.3 is 6.18 Å². The fraction of sp³-hybridized carbons (Fsp3) is 0.222. The van der Waals surface area contributed by atoms with E-state index >= 15 is 0 Å². The van der Waals surface area contributed by atoms with E-state index in [4.69, 9.17) is 17.3 Å². The normalized spacial score (nSPS) is 11.6. The molecule has 0 radical (unpaired) electrons. The molecule has 0 aromatic heterocycles. The summed E-state index contributed by atoms with van der Waals surface area (Å²) in [6.45, 7) is -0.509. The Bertz CT molecular complexity index is 431. The number of rotatable bonds is 2. The first kappa shape index (κ1) is 12.8. The lowest BCUT2D eigenvalue weighted by molar-refractivity contribution is -0.137. The number of alkyl halides is 3. The third-order valence-corrected chi connectivity index (χ3v) is 2.16. The van der Waals surface area contributed by atoms with Gasteiger partial charge in [0.2, 0.25) is 0 Å². The predicted molar refractivity (Wildman–Crippen MR) is 51.5 cm³/mol. The first-order chi connectivity index (χ1) is 7.27. The molecule has 3 N–H and O–H groups in total. The van der Waals surface area contributed by atoms with E-state index in [0.717, 1.165) is 0 Å². The van der Waals surface area contributed by atoms with E-state index in [9.17, 15) is 23.1 Å². The van der Waals surface area contributed by atoms with Crippen LogP contribution < -0.4 is 5.73 Å². The van der Waals surface area contributed by atoms with Crippen LogP contribution >= 0.6 is 11.6 Å². The van der Waals surface area contributed by atoms with Crippen molar-refractivity contribution in [3.63, 3.8) is 0 Å². The maximum atomic E-state index is 12.4. The van der Waals surface area contributed by atoms with Crippen molar-refractivity contribution in [2.75, 3.05) is 6.54 Å². The summed E-state index contributed by atoms with van der Waals surface area (Å²) in [6, 6.07) is 1.07. The molecule has 0 unspecified atom stereocenters. The molecule has 3 nitrogen and oxygen atoms in total. The van der Waals surface area contributed by atoms with Gasteiger partial charge in [0.05, 0.1) is 22.7 Å². The zero-order valence-corrected chi connectivity index (χ0v) is 8.56. The highest BCUT2D eigenvalue weighted by atomic mass is 35.5. The number of hydrogen-bond donors (Lipinski definition) is 2. The molecule has 0 heterocycles. The van der Waals surface area contributed by atoms with Crippen LogP contribution in [0.15, 0.2) is 12.1 Å². The van der Waals surface area contributed by atoms with Gasteiger partial charge in [-0.05, 0) is 12.1 Å². The standard InChI is InChI=1S/C9H7ClF3NO2/c10-6-2-4(9(11,12)13)1-5(8(6)16)7(15)3-14/h1-2,16H,3,14H2. The topological polar surface area (TPSA) is 63.3 Å². The molecule has 88 valence electrons. The second-order valence-corrected chi connectivity index (χ2v) is 3.39. The summed E-state index contributed by atoms with van der Waals surface area (Å²) >= 11 is 5.38. The van der Waals surface area contributed by atoms with Gasteiger partial charge in [0, 0.05) is 0 Å². The van der Waals surface area contributed by atoms with Gasteiger partial charge < -0.3 is 10.8 Å². The highest BCUT2D eigenvalue weighted by Crippen LogP contribution is 2.36. The second kappa shape index (κ2) is 4.31. The summed E-state index contributed by atoms with van der Waals surface area (Å²) < 4.78 is 37.1. The third kappa shape index (κ3) is 2.45. The maximum absolute atomic E-state index is 12.4. The van der Waals surface area contributed by atoms with Gasteiger partial charge in [-0.2, -0.15) is 13.2 Å². The highest BCUT2D eigenvalue weighted by Gasteiger charge is 2.32. The quantitative estimate of drug-likeness (QED) is 0.795. The Morgan fingerprint density at radius 2 is 2.00 bits per heavy atom. The molecule has 16 heavy (non-hydrogen) atoms. The van der Waals surface area contributed by atoms with Crippen molar-refractivity contribution in [2.24, 2.45) is 5.73 Å². The molecule has 0 saturated heterocycles. The smallest absolute Gasteiger partial charge is 0.416 e. The van der Waals surface area contributed by atoms with Crippen molar-refractivity contribution in [1.29, 1.82) is 0 Å². The number of Topliss-reactive ketones (excluding diaryl/α,β-unsaturated/α-hetero) is 1. The van der Waals surface area contributed by atoms with Crippen molar-refractivity contribution in [3.05, 3.63) is 28.3 Å². The zero-order chi connectivity index (χ0) is 12.5. The molecule has 1 aromatic rings. The van der Waals surface area contributed by atoms with E-state index in [1.165, 1.54) is 0 Å². The Kier molecular flexibility index (Phi) is 3.44. The zero-order valence-electron chi connectivity index (χ0n) is 7.81. The third-order valence-electron chi connectivity index (χ3n) is 1.88. The first-order valence-electron chi connectivity index (χ1n) is 4.10. The van der Waals surface area contributed by atoms with Crippen LogP contribution in [0.5, 0.6) is 5.75 Å². The van der Waals surface area contributed by atoms with Crippen molar-refractivity contribution < 1.29 is 23.1 Å². The Morgan fingerprint density at radius 3 is 2.44 bits per heavy atom. The van der Waals surface area contributed by atoms with Crippen LogP contribution in [0.4, 0.5) is 13.2 Å². The molecule has 0 bridgehead atoms. The monoisotopic (exact) mass is 253 g/mol. The minimum Gasteiger partial charge on any atom is -0.506 e. The van der Waals surface area contributed by atoms with Crippen LogP contribution in [0, 0.1) is 0 Å². The molecule has 0 saturated carbocycles. The van der Waals surface area contributed by atoms with Gasteiger partial charge in [0.15, 0.2) is 5.78 Å². The molecule has 1 aromatic carbocycles. The summed E-state index contributed by atoms with van der Waals surface area (Å²) in [5.41, 5.74) is 3.37. The fourth-order valence-corrected chi connectivity index (χ4v) is 1.30. The Hall–Kier alpha value is -1.27. The average molecular weight is 254 g/mol. The largest absolute Gasteiger partial charge is 0.506 e. The average Bonchev–Trinajstić information content (AvgIpc) is 2.19. The van der Waals surface area contributed by atoms with Gasteiger partial charge in [-0.3, -0.25) is 4.79 Å². The summed E-state index contributed by atoms with van der Waals surface area (Å²) in [7, 11) is 0. The molecule has 0 spiro atoms. The minimum absolute atomic E-state index is 0.509. The number of carbonyl (C=O) groups excluding carboxylic acids is 1. The SMILES string of the molecule is NCC(=O)c1cc(C(F)(F)F)cc(Cl)c1O. The summed E-state index contributed by atoms with van der Waals surface area (Å²) in [4.78, 5) is 11.2. The number of aromatic hydroxyl groups is 1. The van der Waals surface area contributed by atoms with Crippen LogP contribution in [-0.2, 0) is 6.18 Å². The van der Waals surface area contributed by atoms with Crippen molar-refractivity contribution in [2.45, 2.75) is 6.18 Å². The van der Waals surface area contributed by atoms with Gasteiger partial charge in [-0.25, -0.2) is 0 Å². The molecular formula is C9H7ClF3NO2. The van der Waals surface area contributed by atoms with Crippen molar-refractivity contribution in [3.8, 4) is 5.75 Å². The van der Waals surface area contributed by atoms with Gasteiger partial charge in [0.1, 0.15) is 5.75 Å². The van der Waals surface area contributed by atoms with Gasteiger partial charge in [0.25, 0.3) is 0 Å². The molecule has 0 aliphatic rings. The number of ketones is 1. The van der Waals surface area contributed by atoms with E-state index in [1.807, 2.05) is 0 Å². The van der Waals surface area contributed by atoms with Gasteiger partial charge in [-0.1, -0.05) is 11.6 Å². The van der Waals surface area contributed by atoms with Crippen LogP contribution in [0.25, 0.3) is 0 Å². The molecule has 0 aliphatic heterocycles. The number of hydrogen-bond acceptors (Lipinski definition) is 3. The summed E-state index contributed by atoms with van der Waals surface area (Å²) in [5, 5.41) is 8.78. The summed E-state index contributed by atoms with van der Waals surface area (Å²) in [6.07, 6.45) is -4.64. The van der Waals surface area contributed by atoms with Crippen LogP contribution in [0.3, 0.4) is 0 Å². The number of phenols is 1. The molecule has 7 heteroatoms. The molecule has 0 aliphatic carbocycles. The molecule has 0 amide bonds. The van der Waals surface area contributed by atoms with E-state index in [0.29, 0.717) is 12.1 Å². The molecular weight excluding hydrogens is 247 g/mol. The lowest BCUT2D eigenvalue weighted by Crippen LogP contribution is -2.15. The van der Waals surface area contributed by atoms with E-state index < -0.39 is 40.4 Å². The minimum atomic E-state index is -4.64. The van der Waals surface area contributed by atoms with Crippen LogP contribution in [0.2, 0.25) is 5.02 Å². The van der Waals surface area contributed by atoms with Crippen LogP contribution in [0.1, 0.15) is 15.9 Å². The van der Waals surface area contributed by atoms with Crippen LogP contribution in [-0.4, -0.2) is 17.4 Å². The Labute approximate surface area is 93.6 Å². The number of halogens is 4. The fourth-order valence-electron chi connectivity index (χ4n) is 1.09. The van der Waals surface area contributed by atoms with E-state index in [1.54, 1.807) is 0 Å². The second-order valence-electron chi connectivity index (χ2n) is 2.98. The van der Waals surface area contributed by atoms with E-state index in [-0.39, 0.29) is 0 Å². The summed E-state index contributed by atoms with van der Waals surface area (Å²) in [5.74, 6) is -1.50. The lowest BCUT2D eigenvalue weighted by atomic mass is 10.1. The number of benzene rings is 1. The van der Waals surface area contributed by atoms with Crippen molar-refractivity contribution >= 4 is 17.4 Å². The Morgan fingerprint density at radius 1 is 1.44 bits per heavy atom. The maximum Gasteiger partial charge on any atom is 0.416 e. The molecule has 1 rings (SSSR count). The number of phenolic OH excluding ortho intramolecular Hbond substituents is 1. The number of carbonyl (C=O) groups is 1.